The first kappa shape index (κ1) is 14.4. The van der Waals surface area contributed by atoms with Gasteiger partial charge in [0.1, 0.15) is 0 Å². The van der Waals surface area contributed by atoms with Crippen molar-refractivity contribution in [3.05, 3.63) is 71.3 Å². The lowest BCUT2D eigenvalue weighted by molar-refractivity contribution is 0.711. The lowest BCUT2D eigenvalue weighted by Crippen LogP contribution is -2.16. The molecule has 0 fully saturated rings. The monoisotopic (exact) mass is 295 g/mol. The highest BCUT2D eigenvalue weighted by molar-refractivity contribution is 7.99. The van der Waals surface area contributed by atoms with Gasteiger partial charge in [0.05, 0.1) is 0 Å². The first-order valence-corrected chi connectivity index (χ1v) is 8.58. The van der Waals surface area contributed by atoms with Crippen molar-refractivity contribution >= 4 is 17.8 Å². The molecule has 0 saturated heterocycles. The summed E-state index contributed by atoms with van der Waals surface area (Å²) in [6.45, 7) is 2.27. The number of rotatable bonds is 0. The Bertz CT molecular complexity index is 593. The number of fused-ring (bicyclic) bond motifs is 2. The van der Waals surface area contributed by atoms with Gasteiger partial charge in [0.2, 0.25) is 0 Å². The van der Waals surface area contributed by atoms with Gasteiger partial charge in [-0.25, -0.2) is 0 Å². The molecule has 1 nitrogen and oxygen atoms in total. The van der Waals surface area contributed by atoms with Crippen LogP contribution in [-0.2, 0) is 12.8 Å². The minimum atomic E-state index is 1.12. The standard InChI is InChI=1S/C10H13N.C9H8S/c1-2-4-10-6-8-11-7-5-9(10)3-1;1-2-6-9-8(4-1)5-3-7-10-9/h1-4,11H,5-8H2;1-6H,7H2. The van der Waals surface area contributed by atoms with Crippen molar-refractivity contribution in [1.29, 1.82) is 0 Å². The Morgan fingerprint density at radius 2 is 1.48 bits per heavy atom. The molecular weight excluding hydrogens is 274 g/mol. The summed E-state index contributed by atoms with van der Waals surface area (Å²) in [4.78, 5) is 1.41. The average Bonchev–Trinajstić information content (AvgIpc) is 2.81. The van der Waals surface area contributed by atoms with Crippen LogP contribution in [0, 0.1) is 0 Å². The first-order chi connectivity index (χ1) is 10.4. The summed E-state index contributed by atoms with van der Waals surface area (Å²) in [5, 5.41) is 3.39. The van der Waals surface area contributed by atoms with E-state index in [2.05, 4.69) is 66.0 Å². The van der Waals surface area contributed by atoms with E-state index in [1.165, 1.54) is 34.4 Å². The zero-order chi connectivity index (χ0) is 14.3. The predicted molar refractivity (Wildman–Crippen MR) is 92.9 cm³/mol. The highest BCUT2D eigenvalue weighted by Crippen LogP contribution is 2.27. The van der Waals surface area contributed by atoms with Crippen LogP contribution in [0.5, 0.6) is 0 Å². The highest BCUT2D eigenvalue weighted by atomic mass is 32.2. The lowest BCUT2D eigenvalue weighted by Gasteiger charge is -2.07. The van der Waals surface area contributed by atoms with E-state index in [1.807, 2.05) is 11.8 Å². The van der Waals surface area contributed by atoms with E-state index in [9.17, 15) is 0 Å². The number of hydrogen-bond acceptors (Lipinski definition) is 2. The summed E-state index contributed by atoms with van der Waals surface area (Å²) >= 11 is 1.90. The summed E-state index contributed by atoms with van der Waals surface area (Å²) in [7, 11) is 0. The van der Waals surface area contributed by atoms with Crippen molar-refractivity contribution in [2.24, 2.45) is 0 Å². The molecule has 2 heteroatoms. The van der Waals surface area contributed by atoms with Crippen LogP contribution in [0.15, 0.2) is 59.5 Å². The van der Waals surface area contributed by atoms with Gasteiger partial charge in [-0.1, -0.05) is 54.6 Å². The highest BCUT2D eigenvalue weighted by Gasteiger charge is 2.04. The third-order valence-electron chi connectivity index (χ3n) is 3.81. The van der Waals surface area contributed by atoms with E-state index in [-0.39, 0.29) is 0 Å². The Hall–Kier alpha value is -1.51. The molecule has 0 bridgehead atoms. The molecule has 4 rings (SSSR count). The third kappa shape index (κ3) is 3.99. The molecule has 21 heavy (non-hydrogen) atoms. The molecule has 0 unspecified atom stereocenters. The van der Waals surface area contributed by atoms with Gasteiger partial charge in [-0.05, 0) is 48.7 Å². The quantitative estimate of drug-likeness (QED) is 0.782. The fourth-order valence-electron chi connectivity index (χ4n) is 2.68. The van der Waals surface area contributed by atoms with E-state index in [0.717, 1.165) is 18.8 Å². The van der Waals surface area contributed by atoms with Gasteiger partial charge < -0.3 is 5.32 Å². The number of hydrogen-bond donors (Lipinski definition) is 1. The zero-order valence-corrected chi connectivity index (χ0v) is 13.0. The molecule has 0 radical (unpaired) electrons. The maximum Gasteiger partial charge on any atom is 0.0164 e. The maximum atomic E-state index is 3.39. The minimum Gasteiger partial charge on any atom is -0.316 e. The lowest BCUT2D eigenvalue weighted by atomic mass is 10.0. The van der Waals surface area contributed by atoms with Crippen molar-refractivity contribution in [2.45, 2.75) is 17.7 Å². The van der Waals surface area contributed by atoms with Crippen molar-refractivity contribution in [3.8, 4) is 0 Å². The topological polar surface area (TPSA) is 12.0 Å². The van der Waals surface area contributed by atoms with Crippen molar-refractivity contribution in [3.63, 3.8) is 0 Å². The molecule has 0 spiro atoms. The smallest absolute Gasteiger partial charge is 0.0164 e. The second kappa shape index (κ2) is 7.48. The molecular formula is C19H21NS. The molecule has 2 aromatic rings. The Labute approximate surface area is 131 Å². The zero-order valence-electron chi connectivity index (χ0n) is 12.2. The van der Waals surface area contributed by atoms with Crippen LogP contribution in [0.25, 0.3) is 6.08 Å². The summed E-state index contributed by atoms with van der Waals surface area (Å²) in [6.07, 6.45) is 6.77. The largest absolute Gasteiger partial charge is 0.316 e. The van der Waals surface area contributed by atoms with E-state index >= 15 is 0 Å². The molecule has 0 amide bonds. The molecule has 2 aliphatic rings. The Morgan fingerprint density at radius 3 is 2.19 bits per heavy atom. The summed E-state index contributed by atoms with van der Waals surface area (Å²) < 4.78 is 0. The maximum absolute atomic E-state index is 3.39. The molecule has 1 N–H and O–H groups in total. The second-order valence-electron chi connectivity index (χ2n) is 5.27. The summed E-state index contributed by atoms with van der Waals surface area (Å²) in [5.74, 6) is 1.12. The van der Waals surface area contributed by atoms with Crippen LogP contribution in [0.1, 0.15) is 16.7 Å². The molecule has 2 aliphatic heterocycles. The molecule has 0 aromatic heterocycles. The Morgan fingerprint density at radius 1 is 0.810 bits per heavy atom. The van der Waals surface area contributed by atoms with Gasteiger partial charge >= 0.3 is 0 Å². The minimum absolute atomic E-state index is 1.12. The molecule has 2 aromatic carbocycles. The fraction of sp³-hybridized carbons (Fsp3) is 0.263. The number of benzene rings is 2. The van der Waals surface area contributed by atoms with E-state index in [0.29, 0.717) is 0 Å². The Balaban J connectivity index is 0.000000126. The molecule has 0 atom stereocenters. The van der Waals surface area contributed by atoms with E-state index in [4.69, 9.17) is 0 Å². The van der Waals surface area contributed by atoms with Crippen LogP contribution in [0.3, 0.4) is 0 Å². The van der Waals surface area contributed by atoms with Crippen LogP contribution in [0.2, 0.25) is 0 Å². The molecule has 0 saturated carbocycles. The van der Waals surface area contributed by atoms with Crippen LogP contribution in [-0.4, -0.2) is 18.8 Å². The molecule has 108 valence electrons. The van der Waals surface area contributed by atoms with Crippen molar-refractivity contribution < 1.29 is 0 Å². The molecule has 2 heterocycles. The van der Waals surface area contributed by atoms with Gasteiger partial charge in [0.25, 0.3) is 0 Å². The Kier molecular flexibility index (Phi) is 5.14. The first-order valence-electron chi connectivity index (χ1n) is 7.59. The predicted octanol–water partition coefficient (Wildman–Crippen LogP) is 4.18. The van der Waals surface area contributed by atoms with Crippen molar-refractivity contribution in [1.82, 2.24) is 5.32 Å². The normalized spacial score (nSPS) is 16.0. The van der Waals surface area contributed by atoms with Gasteiger partial charge in [-0.15, -0.1) is 11.8 Å². The summed E-state index contributed by atoms with van der Waals surface area (Å²) in [5.41, 5.74) is 4.41. The average molecular weight is 295 g/mol. The van der Waals surface area contributed by atoms with E-state index in [1.54, 1.807) is 0 Å². The van der Waals surface area contributed by atoms with Crippen LogP contribution < -0.4 is 5.32 Å². The fourth-order valence-corrected chi connectivity index (χ4v) is 3.53. The van der Waals surface area contributed by atoms with E-state index < -0.39 is 0 Å². The number of thioether (sulfide) groups is 1. The van der Waals surface area contributed by atoms with Crippen LogP contribution in [0.4, 0.5) is 0 Å². The van der Waals surface area contributed by atoms with Gasteiger partial charge in [-0.3, -0.25) is 0 Å². The van der Waals surface area contributed by atoms with Gasteiger partial charge in [-0.2, -0.15) is 0 Å². The van der Waals surface area contributed by atoms with Gasteiger partial charge in [0, 0.05) is 10.6 Å². The number of nitrogens with one attached hydrogen (secondary N) is 1. The van der Waals surface area contributed by atoms with Crippen molar-refractivity contribution in [2.75, 3.05) is 18.8 Å². The van der Waals surface area contributed by atoms with Gasteiger partial charge in [0.15, 0.2) is 0 Å². The second-order valence-corrected chi connectivity index (χ2v) is 6.33. The SMILES string of the molecule is C1=Cc2ccccc2SC1.c1ccc2c(c1)CCNCC2. The third-order valence-corrected chi connectivity index (χ3v) is 4.85. The molecule has 0 aliphatic carbocycles. The summed E-state index contributed by atoms with van der Waals surface area (Å²) in [6, 6.07) is 17.2. The van der Waals surface area contributed by atoms with Crippen LogP contribution >= 0.6 is 11.8 Å².